The second-order valence-electron chi connectivity index (χ2n) is 6.57. The number of hydrogen-bond donors (Lipinski definition) is 2. The average Bonchev–Trinajstić information content (AvgIpc) is 3.26. The van der Waals surface area contributed by atoms with E-state index >= 15 is 0 Å². The molecule has 154 valence electrons. The molecule has 3 rings (SSSR count). The van der Waals surface area contributed by atoms with E-state index in [1.807, 2.05) is 50.2 Å². The molecular weight excluding hydrogens is 380 g/mol. The van der Waals surface area contributed by atoms with Crippen LogP contribution in [-0.4, -0.2) is 18.4 Å². The first kappa shape index (κ1) is 20.9. The van der Waals surface area contributed by atoms with Gasteiger partial charge in [0.15, 0.2) is 0 Å². The molecule has 2 N–H and O–H groups in total. The van der Waals surface area contributed by atoms with Crippen LogP contribution in [0.2, 0.25) is 0 Å². The van der Waals surface area contributed by atoms with Gasteiger partial charge in [-0.25, -0.2) is 0 Å². The molecule has 3 aromatic rings. The predicted molar refractivity (Wildman–Crippen MR) is 115 cm³/mol. The molecule has 6 nitrogen and oxygen atoms in total. The number of aryl methyl sites for hydroxylation is 1. The van der Waals surface area contributed by atoms with Crippen molar-refractivity contribution in [3.05, 3.63) is 95.1 Å². The summed E-state index contributed by atoms with van der Waals surface area (Å²) in [6.07, 6.45) is 3.00. The van der Waals surface area contributed by atoms with Crippen LogP contribution in [0.3, 0.4) is 0 Å². The Bertz CT molecular complexity index is 1040. The quantitative estimate of drug-likeness (QED) is 0.555. The van der Waals surface area contributed by atoms with Crippen LogP contribution in [0.15, 0.2) is 77.0 Å². The highest BCUT2D eigenvalue weighted by Gasteiger charge is 2.17. The molecule has 0 aliphatic heterocycles. The number of nitrogens with one attached hydrogen (secondary N) is 2. The lowest BCUT2D eigenvalue weighted by atomic mass is 10.1. The first-order valence-corrected chi connectivity index (χ1v) is 9.69. The van der Waals surface area contributed by atoms with Crippen molar-refractivity contribution in [2.75, 3.05) is 6.61 Å². The molecule has 0 radical (unpaired) electrons. The van der Waals surface area contributed by atoms with Crippen molar-refractivity contribution < 1.29 is 18.7 Å². The second kappa shape index (κ2) is 10.1. The summed E-state index contributed by atoms with van der Waals surface area (Å²) in [6, 6.07) is 18.1. The fourth-order valence-electron chi connectivity index (χ4n) is 2.91. The van der Waals surface area contributed by atoms with Crippen molar-refractivity contribution in [1.82, 2.24) is 10.6 Å². The topological polar surface area (TPSA) is 80.6 Å². The molecule has 0 saturated heterocycles. The highest BCUT2D eigenvalue weighted by Crippen LogP contribution is 2.18. The zero-order valence-corrected chi connectivity index (χ0v) is 17.0. The van der Waals surface area contributed by atoms with Crippen LogP contribution in [0.5, 0.6) is 5.75 Å². The molecular formula is C24H24N2O4. The molecule has 1 aromatic heterocycles. The third kappa shape index (κ3) is 5.38. The summed E-state index contributed by atoms with van der Waals surface area (Å²) >= 11 is 0. The lowest BCUT2D eigenvalue weighted by Crippen LogP contribution is -2.35. The Morgan fingerprint density at radius 1 is 1.03 bits per heavy atom. The molecule has 6 heteroatoms. The van der Waals surface area contributed by atoms with E-state index in [9.17, 15) is 9.59 Å². The standard InChI is InChI=1S/C24H24N2O4/c1-3-29-22-13-7-5-10-18(22)16-25-24(28)21(15-19-11-8-14-30-19)26-23(27)20-12-6-4-9-17(20)2/h4-15H,3,16H2,1-2H3,(H,25,28)(H,26,27)/b21-15-. The van der Waals surface area contributed by atoms with Crippen LogP contribution in [0, 0.1) is 6.92 Å². The van der Waals surface area contributed by atoms with Gasteiger partial charge in [0.1, 0.15) is 17.2 Å². The summed E-state index contributed by atoms with van der Waals surface area (Å²) in [5, 5.41) is 5.55. The minimum Gasteiger partial charge on any atom is -0.494 e. The van der Waals surface area contributed by atoms with E-state index in [1.54, 1.807) is 24.3 Å². The highest BCUT2D eigenvalue weighted by molar-refractivity contribution is 6.05. The van der Waals surface area contributed by atoms with Gasteiger partial charge in [0, 0.05) is 23.7 Å². The van der Waals surface area contributed by atoms with Crippen molar-refractivity contribution >= 4 is 17.9 Å². The minimum atomic E-state index is -0.431. The van der Waals surface area contributed by atoms with E-state index in [-0.39, 0.29) is 18.1 Å². The van der Waals surface area contributed by atoms with E-state index in [4.69, 9.17) is 9.15 Å². The number of furan rings is 1. The summed E-state index contributed by atoms with van der Waals surface area (Å²) in [5.74, 6) is 0.371. The van der Waals surface area contributed by atoms with Crippen molar-refractivity contribution in [1.29, 1.82) is 0 Å². The number of benzene rings is 2. The Labute approximate surface area is 175 Å². The molecule has 2 amide bonds. The molecule has 30 heavy (non-hydrogen) atoms. The summed E-state index contributed by atoms with van der Waals surface area (Å²) in [5.41, 5.74) is 2.25. The van der Waals surface area contributed by atoms with E-state index in [0.717, 1.165) is 11.1 Å². The van der Waals surface area contributed by atoms with Gasteiger partial charge in [0.25, 0.3) is 11.8 Å². The third-order valence-corrected chi connectivity index (χ3v) is 4.42. The Morgan fingerprint density at radius 2 is 1.80 bits per heavy atom. The molecule has 0 atom stereocenters. The van der Waals surface area contributed by atoms with Gasteiger partial charge in [0.2, 0.25) is 0 Å². The molecule has 0 saturated carbocycles. The van der Waals surface area contributed by atoms with Gasteiger partial charge in [-0.05, 0) is 43.7 Å². The van der Waals surface area contributed by atoms with Gasteiger partial charge in [-0.1, -0.05) is 36.4 Å². The number of hydrogen-bond acceptors (Lipinski definition) is 4. The zero-order valence-electron chi connectivity index (χ0n) is 17.0. The Balaban J connectivity index is 1.78. The van der Waals surface area contributed by atoms with Crippen LogP contribution in [-0.2, 0) is 11.3 Å². The first-order valence-electron chi connectivity index (χ1n) is 9.69. The van der Waals surface area contributed by atoms with Crippen molar-refractivity contribution in [3.8, 4) is 5.75 Å². The van der Waals surface area contributed by atoms with Gasteiger partial charge in [-0.2, -0.15) is 0 Å². The smallest absolute Gasteiger partial charge is 0.268 e. The Kier molecular flexibility index (Phi) is 7.05. The van der Waals surface area contributed by atoms with Crippen LogP contribution < -0.4 is 15.4 Å². The van der Waals surface area contributed by atoms with E-state index < -0.39 is 5.91 Å². The molecule has 0 aliphatic rings. The van der Waals surface area contributed by atoms with Crippen molar-refractivity contribution in [2.45, 2.75) is 20.4 Å². The van der Waals surface area contributed by atoms with E-state index in [1.165, 1.54) is 12.3 Å². The number of rotatable bonds is 8. The fourth-order valence-corrected chi connectivity index (χ4v) is 2.91. The number of carbonyl (C=O) groups is 2. The van der Waals surface area contributed by atoms with Gasteiger partial charge < -0.3 is 19.8 Å². The lowest BCUT2D eigenvalue weighted by molar-refractivity contribution is -0.117. The van der Waals surface area contributed by atoms with Gasteiger partial charge in [-0.3, -0.25) is 9.59 Å². The van der Waals surface area contributed by atoms with E-state index in [2.05, 4.69) is 10.6 Å². The summed E-state index contributed by atoms with van der Waals surface area (Å²) in [7, 11) is 0. The number of para-hydroxylation sites is 1. The number of amides is 2. The maximum absolute atomic E-state index is 12.9. The van der Waals surface area contributed by atoms with Crippen LogP contribution in [0.1, 0.15) is 34.2 Å². The number of ether oxygens (including phenoxy) is 1. The van der Waals surface area contributed by atoms with E-state index in [0.29, 0.717) is 23.7 Å². The average molecular weight is 404 g/mol. The summed E-state index contributed by atoms with van der Waals surface area (Å²) in [6.45, 7) is 4.53. The molecule has 2 aromatic carbocycles. The highest BCUT2D eigenvalue weighted by atomic mass is 16.5. The predicted octanol–water partition coefficient (Wildman–Crippen LogP) is 4.07. The SMILES string of the molecule is CCOc1ccccc1CNC(=O)/C(=C/c1ccco1)NC(=O)c1ccccc1C. The Hall–Kier alpha value is -3.80. The van der Waals surface area contributed by atoms with Gasteiger partial charge >= 0.3 is 0 Å². The molecule has 0 spiro atoms. The molecule has 0 unspecified atom stereocenters. The largest absolute Gasteiger partial charge is 0.494 e. The van der Waals surface area contributed by atoms with Gasteiger partial charge in [-0.15, -0.1) is 0 Å². The minimum absolute atomic E-state index is 0.0899. The maximum atomic E-state index is 12.9. The van der Waals surface area contributed by atoms with Crippen LogP contribution >= 0.6 is 0 Å². The third-order valence-electron chi connectivity index (χ3n) is 4.42. The monoisotopic (exact) mass is 404 g/mol. The van der Waals surface area contributed by atoms with Gasteiger partial charge in [0.05, 0.1) is 12.9 Å². The summed E-state index contributed by atoms with van der Waals surface area (Å²) in [4.78, 5) is 25.6. The Morgan fingerprint density at radius 3 is 2.53 bits per heavy atom. The zero-order chi connectivity index (χ0) is 21.3. The summed E-state index contributed by atoms with van der Waals surface area (Å²) < 4.78 is 10.9. The molecule has 0 aliphatic carbocycles. The maximum Gasteiger partial charge on any atom is 0.268 e. The van der Waals surface area contributed by atoms with Crippen LogP contribution in [0.4, 0.5) is 0 Å². The van der Waals surface area contributed by atoms with Crippen molar-refractivity contribution in [3.63, 3.8) is 0 Å². The first-order chi connectivity index (χ1) is 14.6. The fraction of sp³-hybridized carbons (Fsp3) is 0.167. The van der Waals surface area contributed by atoms with Crippen LogP contribution in [0.25, 0.3) is 6.08 Å². The molecule has 1 heterocycles. The lowest BCUT2D eigenvalue weighted by Gasteiger charge is -2.13. The van der Waals surface area contributed by atoms with Crippen molar-refractivity contribution in [2.24, 2.45) is 0 Å². The second-order valence-corrected chi connectivity index (χ2v) is 6.57. The molecule has 0 bridgehead atoms. The normalized spacial score (nSPS) is 11.1. The number of carbonyl (C=O) groups excluding carboxylic acids is 2. The molecule has 0 fully saturated rings.